The highest BCUT2D eigenvalue weighted by Crippen LogP contribution is 2.27. The number of aliphatic hydroxyl groups excluding tert-OH is 1. The summed E-state index contributed by atoms with van der Waals surface area (Å²) >= 11 is 5.97. The van der Waals surface area contributed by atoms with Gasteiger partial charge in [-0.3, -0.25) is 4.98 Å². The third-order valence-electron chi connectivity index (χ3n) is 2.26. The average Bonchev–Trinajstić information content (AvgIpc) is 2.53. The number of halogens is 1. The quantitative estimate of drug-likeness (QED) is 0.739. The van der Waals surface area contributed by atoms with Crippen molar-refractivity contribution in [2.24, 2.45) is 0 Å². The Hall–Kier alpha value is -0.800. The molecule has 0 aromatic carbocycles. The monoisotopic (exact) mass is 198 g/mol. The predicted molar refractivity (Wildman–Crippen MR) is 52.1 cm³/mol. The van der Waals surface area contributed by atoms with Crippen molar-refractivity contribution in [1.82, 2.24) is 4.98 Å². The lowest BCUT2D eigenvalue weighted by Gasteiger charge is -2.18. The molecule has 0 saturated carbocycles. The third kappa shape index (κ3) is 1.76. The van der Waals surface area contributed by atoms with Crippen LogP contribution in [-0.2, 0) is 0 Å². The topological polar surface area (TPSA) is 36.4 Å². The lowest BCUT2D eigenvalue weighted by molar-refractivity contribution is 0.198. The van der Waals surface area contributed by atoms with Crippen LogP contribution in [-0.4, -0.2) is 29.3 Å². The number of hydrogen-bond acceptors (Lipinski definition) is 3. The van der Waals surface area contributed by atoms with Gasteiger partial charge < -0.3 is 10.0 Å². The van der Waals surface area contributed by atoms with Crippen molar-refractivity contribution in [2.45, 2.75) is 12.5 Å². The summed E-state index contributed by atoms with van der Waals surface area (Å²) in [7, 11) is 0. The summed E-state index contributed by atoms with van der Waals surface area (Å²) in [4.78, 5) is 5.99. The molecule has 3 nitrogen and oxygen atoms in total. The van der Waals surface area contributed by atoms with Crippen molar-refractivity contribution < 1.29 is 5.11 Å². The lowest BCUT2D eigenvalue weighted by Crippen LogP contribution is -2.21. The Morgan fingerprint density at radius 2 is 2.46 bits per heavy atom. The van der Waals surface area contributed by atoms with Crippen LogP contribution in [0.15, 0.2) is 18.5 Å². The number of pyridine rings is 1. The van der Waals surface area contributed by atoms with Crippen LogP contribution in [0, 0.1) is 0 Å². The molecule has 4 heteroatoms. The Labute approximate surface area is 82.0 Å². The minimum Gasteiger partial charge on any atom is -0.391 e. The van der Waals surface area contributed by atoms with Crippen LogP contribution >= 0.6 is 11.6 Å². The first-order valence-corrected chi connectivity index (χ1v) is 4.67. The highest BCUT2D eigenvalue weighted by molar-refractivity contribution is 6.33. The van der Waals surface area contributed by atoms with Crippen molar-refractivity contribution >= 4 is 17.3 Å². The molecule has 0 aliphatic carbocycles. The molecule has 0 spiro atoms. The SMILES string of the molecule is OC1CCN(c2ccncc2Cl)C1. The first kappa shape index (κ1) is 8.78. The van der Waals surface area contributed by atoms with Gasteiger partial charge in [-0.15, -0.1) is 0 Å². The van der Waals surface area contributed by atoms with Crippen molar-refractivity contribution in [3.8, 4) is 0 Å². The molecular formula is C9H11ClN2O. The summed E-state index contributed by atoms with van der Waals surface area (Å²) < 4.78 is 0. The van der Waals surface area contributed by atoms with Crippen LogP contribution in [0.2, 0.25) is 5.02 Å². The van der Waals surface area contributed by atoms with Gasteiger partial charge in [-0.1, -0.05) is 11.6 Å². The van der Waals surface area contributed by atoms with E-state index in [0.29, 0.717) is 11.6 Å². The highest BCUT2D eigenvalue weighted by atomic mass is 35.5. The van der Waals surface area contributed by atoms with Gasteiger partial charge in [0.05, 0.1) is 16.8 Å². The van der Waals surface area contributed by atoms with E-state index in [4.69, 9.17) is 11.6 Å². The molecule has 1 unspecified atom stereocenters. The van der Waals surface area contributed by atoms with Crippen LogP contribution in [0.1, 0.15) is 6.42 Å². The Morgan fingerprint density at radius 1 is 1.62 bits per heavy atom. The second-order valence-corrected chi connectivity index (χ2v) is 3.62. The number of aliphatic hydroxyl groups is 1. The highest BCUT2D eigenvalue weighted by Gasteiger charge is 2.21. The Kier molecular flexibility index (Phi) is 2.38. The second kappa shape index (κ2) is 3.52. The van der Waals surface area contributed by atoms with Gasteiger partial charge in [0.1, 0.15) is 0 Å². The van der Waals surface area contributed by atoms with Gasteiger partial charge in [-0.25, -0.2) is 0 Å². The van der Waals surface area contributed by atoms with E-state index in [-0.39, 0.29) is 6.10 Å². The average molecular weight is 199 g/mol. The van der Waals surface area contributed by atoms with Crippen LogP contribution in [0.4, 0.5) is 5.69 Å². The predicted octanol–water partition coefficient (Wildman–Crippen LogP) is 1.31. The van der Waals surface area contributed by atoms with Gasteiger partial charge in [-0.2, -0.15) is 0 Å². The van der Waals surface area contributed by atoms with Crippen LogP contribution < -0.4 is 4.90 Å². The third-order valence-corrected chi connectivity index (χ3v) is 2.55. The molecule has 1 fully saturated rings. The van der Waals surface area contributed by atoms with Gasteiger partial charge in [0.15, 0.2) is 0 Å². The molecule has 1 aromatic heterocycles. The second-order valence-electron chi connectivity index (χ2n) is 3.22. The molecule has 13 heavy (non-hydrogen) atoms. The fraction of sp³-hybridized carbons (Fsp3) is 0.444. The molecule has 1 aliphatic heterocycles. The molecule has 0 bridgehead atoms. The van der Waals surface area contributed by atoms with E-state index in [1.165, 1.54) is 0 Å². The summed E-state index contributed by atoms with van der Waals surface area (Å²) in [5, 5.41) is 10.0. The molecule has 0 amide bonds. The summed E-state index contributed by atoms with van der Waals surface area (Å²) in [5.41, 5.74) is 0.966. The zero-order valence-electron chi connectivity index (χ0n) is 7.15. The minimum atomic E-state index is -0.218. The molecule has 2 heterocycles. The van der Waals surface area contributed by atoms with Gasteiger partial charge in [0.25, 0.3) is 0 Å². The molecule has 1 aliphatic rings. The Balaban J connectivity index is 2.21. The van der Waals surface area contributed by atoms with E-state index in [1.54, 1.807) is 12.4 Å². The number of rotatable bonds is 1. The van der Waals surface area contributed by atoms with Crippen molar-refractivity contribution in [1.29, 1.82) is 0 Å². The molecule has 1 N–H and O–H groups in total. The smallest absolute Gasteiger partial charge is 0.0822 e. The molecular weight excluding hydrogens is 188 g/mol. The van der Waals surface area contributed by atoms with Crippen LogP contribution in [0.5, 0.6) is 0 Å². The first-order valence-electron chi connectivity index (χ1n) is 4.30. The van der Waals surface area contributed by atoms with Crippen molar-refractivity contribution in [3.63, 3.8) is 0 Å². The van der Waals surface area contributed by atoms with Gasteiger partial charge in [0, 0.05) is 25.5 Å². The fourth-order valence-corrected chi connectivity index (χ4v) is 1.82. The lowest BCUT2D eigenvalue weighted by atomic mass is 10.3. The molecule has 0 radical (unpaired) electrons. The van der Waals surface area contributed by atoms with E-state index >= 15 is 0 Å². The Bertz CT molecular complexity index is 305. The maximum atomic E-state index is 9.35. The number of anilines is 1. The van der Waals surface area contributed by atoms with E-state index in [2.05, 4.69) is 9.88 Å². The van der Waals surface area contributed by atoms with Gasteiger partial charge >= 0.3 is 0 Å². The Morgan fingerprint density at radius 3 is 3.08 bits per heavy atom. The van der Waals surface area contributed by atoms with E-state index in [0.717, 1.165) is 18.7 Å². The maximum Gasteiger partial charge on any atom is 0.0822 e. The summed E-state index contributed by atoms with van der Waals surface area (Å²) in [6.45, 7) is 1.54. The molecule has 1 aromatic rings. The summed E-state index contributed by atoms with van der Waals surface area (Å²) in [6.07, 6.45) is 3.94. The van der Waals surface area contributed by atoms with Crippen molar-refractivity contribution in [3.05, 3.63) is 23.5 Å². The van der Waals surface area contributed by atoms with Crippen LogP contribution in [0.3, 0.4) is 0 Å². The van der Waals surface area contributed by atoms with Crippen molar-refractivity contribution in [2.75, 3.05) is 18.0 Å². The van der Waals surface area contributed by atoms with Gasteiger partial charge in [-0.05, 0) is 12.5 Å². The number of β-amino-alcohol motifs (C(OH)–C–C–N with tert-alkyl or cyclic N) is 1. The van der Waals surface area contributed by atoms with E-state index < -0.39 is 0 Å². The molecule has 2 rings (SSSR count). The standard InChI is InChI=1S/C9H11ClN2O/c10-8-5-11-3-1-9(8)12-4-2-7(13)6-12/h1,3,5,7,13H,2,4,6H2. The van der Waals surface area contributed by atoms with Gasteiger partial charge in [0.2, 0.25) is 0 Å². The maximum absolute atomic E-state index is 9.35. The van der Waals surface area contributed by atoms with Crippen LogP contribution in [0.25, 0.3) is 0 Å². The normalized spacial score (nSPS) is 22.3. The minimum absolute atomic E-state index is 0.218. The summed E-state index contributed by atoms with van der Waals surface area (Å²) in [5.74, 6) is 0. The number of nitrogens with zero attached hydrogens (tertiary/aromatic N) is 2. The first-order chi connectivity index (χ1) is 6.27. The molecule has 1 atom stereocenters. The zero-order valence-corrected chi connectivity index (χ0v) is 7.91. The number of aromatic nitrogens is 1. The largest absolute Gasteiger partial charge is 0.391 e. The number of hydrogen-bond donors (Lipinski definition) is 1. The van der Waals surface area contributed by atoms with E-state index in [9.17, 15) is 5.11 Å². The molecule has 70 valence electrons. The zero-order chi connectivity index (χ0) is 9.26. The van der Waals surface area contributed by atoms with E-state index in [1.807, 2.05) is 6.07 Å². The summed E-state index contributed by atoms with van der Waals surface area (Å²) in [6, 6.07) is 1.88. The fourth-order valence-electron chi connectivity index (χ4n) is 1.58. The molecule has 1 saturated heterocycles.